The lowest BCUT2D eigenvalue weighted by Crippen LogP contribution is -2.22. The zero-order chi connectivity index (χ0) is 10.2. The molecular weight excluding hydrogens is 170 g/mol. The average Bonchev–Trinajstić information content (AvgIpc) is 2.93. The van der Waals surface area contributed by atoms with Crippen LogP contribution < -0.4 is 5.73 Å². The van der Waals surface area contributed by atoms with Crippen LogP contribution in [0, 0.1) is 12.8 Å². The Labute approximate surface area is 86.3 Å². The molecule has 2 rings (SSSR count). The van der Waals surface area contributed by atoms with Crippen LogP contribution in [0.3, 0.4) is 0 Å². The van der Waals surface area contributed by atoms with Crippen LogP contribution in [0.2, 0.25) is 0 Å². The van der Waals surface area contributed by atoms with Crippen molar-refractivity contribution in [1.82, 2.24) is 0 Å². The van der Waals surface area contributed by atoms with Crippen molar-refractivity contribution in [3.63, 3.8) is 0 Å². The molecule has 76 valence electrons. The van der Waals surface area contributed by atoms with Crippen LogP contribution in [-0.4, -0.2) is 6.54 Å². The molecule has 0 aliphatic heterocycles. The highest BCUT2D eigenvalue weighted by atomic mass is 14.7. The van der Waals surface area contributed by atoms with E-state index >= 15 is 0 Å². The first-order valence-corrected chi connectivity index (χ1v) is 5.50. The lowest BCUT2D eigenvalue weighted by molar-refractivity contribution is 0.599. The van der Waals surface area contributed by atoms with Gasteiger partial charge in [0.15, 0.2) is 0 Å². The molecule has 1 fully saturated rings. The first-order chi connectivity index (χ1) is 6.73. The minimum Gasteiger partial charge on any atom is -0.330 e. The minimum absolute atomic E-state index is 0.320. The van der Waals surface area contributed by atoms with Gasteiger partial charge in [-0.3, -0.25) is 0 Å². The minimum atomic E-state index is 0.320. The molecule has 1 heteroatoms. The standard InChI is InChI=1S/C13H19N/c1-3-11-8-13(11,9-14)12-6-4-5-10(2)7-12/h4-7,11H,3,8-9,14H2,1-2H3. The predicted octanol–water partition coefficient (Wildman–Crippen LogP) is 2.62. The van der Waals surface area contributed by atoms with Gasteiger partial charge in [-0.2, -0.15) is 0 Å². The Morgan fingerprint density at radius 1 is 1.50 bits per heavy atom. The van der Waals surface area contributed by atoms with Crippen molar-refractivity contribution < 1.29 is 0 Å². The summed E-state index contributed by atoms with van der Waals surface area (Å²) in [5.41, 5.74) is 9.03. The maximum Gasteiger partial charge on any atom is 0.0107 e. The Balaban J connectivity index is 2.30. The summed E-state index contributed by atoms with van der Waals surface area (Å²) in [5.74, 6) is 0.814. The smallest absolute Gasteiger partial charge is 0.0107 e. The Morgan fingerprint density at radius 3 is 2.79 bits per heavy atom. The third-order valence-electron chi connectivity index (χ3n) is 3.68. The van der Waals surface area contributed by atoms with Gasteiger partial charge in [-0.1, -0.05) is 43.2 Å². The molecule has 1 aliphatic rings. The highest BCUT2D eigenvalue weighted by Gasteiger charge is 2.52. The van der Waals surface area contributed by atoms with E-state index in [0.29, 0.717) is 5.41 Å². The molecular formula is C13H19N. The van der Waals surface area contributed by atoms with Crippen LogP contribution in [-0.2, 0) is 5.41 Å². The normalized spacial score (nSPS) is 30.4. The zero-order valence-electron chi connectivity index (χ0n) is 9.09. The molecule has 14 heavy (non-hydrogen) atoms. The summed E-state index contributed by atoms with van der Waals surface area (Å²) >= 11 is 0. The average molecular weight is 189 g/mol. The second kappa shape index (κ2) is 3.39. The van der Waals surface area contributed by atoms with Gasteiger partial charge in [0.05, 0.1) is 0 Å². The van der Waals surface area contributed by atoms with E-state index in [0.717, 1.165) is 12.5 Å². The number of hydrogen-bond donors (Lipinski definition) is 1. The summed E-state index contributed by atoms with van der Waals surface area (Å²) < 4.78 is 0. The molecule has 0 spiro atoms. The Kier molecular flexibility index (Phi) is 2.36. The largest absolute Gasteiger partial charge is 0.330 e. The van der Waals surface area contributed by atoms with Gasteiger partial charge in [0, 0.05) is 12.0 Å². The zero-order valence-corrected chi connectivity index (χ0v) is 9.09. The number of aryl methyl sites for hydroxylation is 1. The van der Waals surface area contributed by atoms with Crippen molar-refractivity contribution in [2.75, 3.05) is 6.54 Å². The number of benzene rings is 1. The van der Waals surface area contributed by atoms with Crippen molar-refractivity contribution in [2.45, 2.75) is 32.1 Å². The monoisotopic (exact) mass is 189 g/mol. The van der Waals surface area contributed by atoms with Crippen molar-refractivity contribution in [3.05, 3.63) is 35.4 Å². The molecule has 2 unspecified atom stereocenters. The molecule has 0 bridgehead atoms. The molecule has 2 N–H and O–H groups in total. The van der Waals surface area contributed by atoms with Gasteiger partial charge in [0.2, 0.25) is 0 Å². The van der Waals surface area contributed by atoms with E-state index in [1.807, 2.05) is 0 Å². The summed E-state index contributed by atoms with van der Waals surface area (Å²) in [7, 11) is 0. The van der Waals surface area contributed by atoms with Gasteiger partial charge in [-0.15, -0.1) is 0 Å². The summed E-state index contributed by atoms with van der Waals surface area (Å²) in [6, 6.07) is 8.82. The van der Waals surface area contributed by atoms with E-state index in [2.05, 4.69) is 38.1 Å². The number of hydrogen-bond acceptors (Lipinski definition) is 1. The molecule has 1 aliphatic carbocycles. The third-order valence-corrected chi connectivity index (χ3v) is 3.68. The topological polar surface area (TPSA) is 26.0 Å². The van der Waals surface area contributed by atoms with Crippen LogP contribution in [0.25, 0.3) is 0 Å². The van der Waals surface area contributed by atoms with Crippen LogP contribution in [0.1, 0.15) is 30.9 Å². The van der Waals surface area contributed by atoms with Crippen molar-refractivity contribution in [3.8, 4) is 0 Å². The molecule has 0 saturated heterocycles. The number of nitrogens with two attached hydrogens (primary N) is 1. The molecule has 1 aromatic carbocycles. The van der Waals surface area contributed by atoms with Crippen LogP contribution in [0.5, 0.6) is 0 Å². The second-order valence-electron chi connectivity index (χ2n) is 4.54. The van der Waals surface area contributed by atoms with E-state index in [-0.39, 0.29) is 0 Å². The molecule has 1 aromatic rings. The van der Waals surface area contributed by atoms with Gasteiger partial charge in [0.25, 0.3) is 0 Å². The third kappa shape index (κ3) is 1.36. The summed E-state index contributed by atoms with van der Waals surface area (Å²) in [6.07, 6.45) is 2.54. The summed E-state index contributed by atoms with van der Waals surface area (Å²) in [4.78, 5) is 0. The molecule has 0 heterocycles. The van der Waals surface area contributed by atoms with Crippen LogP contribution >= 0.6 is 0 Å². The lowest BCUT2D eigenvalue weighted by Gasteiger charge is -2.15. The molecule has 0 amide bonds. The molecule has 1 saturated carbocycles. The predicted molar refractivity (Wildman–Crippen MR) is 60.3 cm³/mol. The van der Waals surface area contributed by atoms with Crippen molar-refractivity contribution in [2.24, 2.45) is 11.7 Å². The fraction of sp³-hybridized carbons (Fsp3) is 0.538. The van der Waals surface area contributed by atoms with Crippen molar-refractivity contribution >= 4 is 0 Å². The maximum absolute atomic E-state index is 5.92. The molecule has 1 nitrogen and oxygen atoms in total. The first kappa shape index (κ1) is 9.72. The van der Waals surface area contributed by atoms with Crippen molar-refractivity contribution in [1.29, 1.82) is 0 Å². The lowest BCUT2D eigenvalue weighted by atomic mass is 9.91. The van der Waals surface area contributed by atoms with Gasteiger partial charge in [0.1, 0.15) is 0 Å². The highest BCUT2D eigenvalue weighted by molar-refractivity contribution is 5.36. The van der Waals surface area contributed by atoms with E-state index in [1.54, 1.807) is 0 Å². The van der Waals surface area contributed by atoms with Gasteiger partial charge < -0.3 is 5.73 Å². The van der Waals surface area contributed by atoms with E-state index in [1.165, 1.54) is 24.0 Å². The maximum atomic E-state index is 5.92. The SMILES string of the molecule is CCC1CC1(CN)c1cccc(C)c1. The second-order valence-corrected chi connectivity index (χ2v) is 4.54. The molecule has 2 atom stereocenters. The van der Waals surface area contributed by atoms with E-state index in [9.17, 15) is 0 Å². The fourth-order valence-corrected chi connectivity index (χ4v) is 2.59. The summed E-state index contributed by atoms with van der Waals surface area (Å²) in [5, 5.41) is 0. The fourth-order valence-electron chi connectivity index (χ4n) is 2.59. The van der Waals surface area contributed by atoms with Crippen LogP contribution in [0.15, 0.2) is 24.3 Å². The highest BCUT2D eigenvalue weighted by Crippen LogP contribution is 2.55. The summed E-state index contributed by atoms with van der Waals surface area (Å²) in [6.45, 7) is 5.21. The van der Waals surface area contributed by atoms with E-state index in [4.69, 9.17) is 5.73 Å². The molecule has 0 radical (unpaired) electrons. The van der Waals surface area contributed by atoms with Gasteiger partial charge in [-0.05, 0) is 24.8 Å². The number of rotatable bonds is 3. The van der Waals surface area contributed by atoms with Gasteiger partial charge >= 0.3 is 0 Å². The van der Waals surface area contributed by atoms with E-state index < -0.39 is 0 Å². The first-order valence-electron chi connectivity index (χ1n) is 5.50. The quantitative estimate of drug-likeness (QED) is 0.777. The Bertz CT molecular complexity index is 332. The Hall–Kier alpha value is -0.820. The Morgan fingerprint density at radius 2 is 2.29 bits per heavy atom. The van der Waals surface area contributed by atoms with Crippen LogP contribution in [0.4, 0.5) is 0 Å². The van der Waals surface area contributed by atoms with Gasteiger partial charge in [-0.25, -0.2) is 0 Å². The molecule has 0 aromatic heterocycles.